The fourth-order valence-corrected chi connectivity index (χ4v) is 8.74. The highest BCUT2D eigenvalue weighted by Crippen LogP contribution is 2.44. The zero-order valence-electron chi connectivity index (χ0n) is 31.7. The second kappa shape index (κ2) is 13.2. The van der Waals surface area contributed by atoms with E-state index in [-0.39, 0.29) is 0 Å². The lowest BCUT2D eigenvalue weighted by molar-refractivity contribution is 0.953. The lowest BCUT2D eigenvalue weighted by atomic mass is 10.1. The third-order valence-electron chi connectivity index (χ3n) is 11.3. The Bertz CT molecular complexity index is 3460. The van der Waals surface area contributed by atoms with Crippen molar-refractivity contribution < 1.29 is 0 Å². The van der Waals surface area contributed by atoms with Gasteiger partial charge in [-0.15, -0.1) is 0 Å². The Balaban J connectivity index is 1.29. The van der Waals surface area contributed by atoms with Gasteiger partial charge in [-0.1, -0.05) is 158 Å². The van der Waals surface area contributed by atoms with Crippen LogP contribution in [0.15, 0.2) is 200 Å². The minimum atomic E-state index is 0.528. The Morgan fingerprint density at radius 1 is 0.305 bits per heavy atom. The summed E-state index contributed by atoms with van der Waals surface area (Å²) in [7, 11) is 0. The molecule has 8 aromatic carbocycles. The first-order valence-corrected chi connectivity index (χ1v) is 19.8. The van der Waals surface area contributed by atoms with Crippen LogP contribution in [0.3, 0.4) is 0 Å². The SMILES string of the molecule is c1ccc(-c2nc(-c3ccccc3)nc(-n3c4ccc5c(nc(-c6ccccc6)n5-c5ccccc5)c4c4ccc5c6ccccc6n(-c6ccccc6)c5c43)n2)cc1. The normalized spacial score (nSPS) is 11.7. The Morgan fingerprint density at radius 3 is 1.42 bits per heavy atom. The summed E-state index contributed by atoms with van der Waals surface area (Å²) in [6.07, 6.45) is 0. The molecule has 0 saturated heterocycles. The van der Waals surface area contributed by atoms with E-state index in [1.807, 2.05) is 42.5 Å². The minimum Gasteiger partial charge on any atom is -0.307 e. The average Bonchev–Trinajstić information content (AvgIpc) is 3.98. The molecular weight excluding hydrogens is 723 g/mol. The molecule has 0 aliphatic carbocycles. The minimum absolute atomic E-state index is 0.528. The second-order valence-corrected chi connectivity index (χ2v) is 14.7. The van der Waals surface area contributed by atoms with E-state index in [0.29, 0.717) is 17.6 Å². The monoisotopic (exact) mass is 755 g/mol. The zero-order chi connectivity index (χ0) is 38.9. The quantitative estimate of drug-likeness (QED) is 0.169. The average molecular weight is 756 g/mol. The van der Waals surface area contributed by atoms with Crippen molar-refractivity contribution in [1.29, 1.82) is 0 Å². The van der Waals surface area contributed by atoms with Crippen LogP contribution in [-0.2, 0) is 0 Å². The summed E-state index contributed by atoms with van der Waals surface area (Å²) in [5.41, 5.74) is 11.0. The van der Waals surface area contributed by atoms with Gasteiger partial charge in [0.05, 0.1) is 33.1 Å². The third-order valence-corrected chi connectivity index (χ3v) is 11.3. The van der Waals surface area contributed by atoms with E-state index in [9.17, 15) is 0 Å². The van der Waals surface area contributed by atoms with Gasteiger partial charge in [-0.25, -0.2) is 9.97 Å². The van der Waals surface area contributed by atoms with Crippen LogP contribution in [-0.4, -0.2) is 33.6 Å². The topological polar surface area (TPSA) is 66.3 Å². The van der Waals surface area contributed by atoms with E-state index in [2.05, 4.69) is 171 Å². The summed E-state index contributed by atoms with van der Waals surface area (Å²) in [4.78, 5) is 21.3. The molecule has 0 atom stereocenters. The number of hydrogen-bond donors (Lipinski definition) is 0. The van der Waals surface area contributed by atoms with Gasteiger partial charge in [0.2, 0.25) is 5.95 Å². The molecule has 276 valence electrons. The van der Waals surface area contributed by atoms with Gasteiger partial charge in [0, 0.05) is 49.6 Å². The molecule has 12 rings (SSSR count). The van der Waals surface area contributed by atoms with E-state index in [4.69, 9.17) is 19.9 Å². The second-order valence-electron chi connectivity index (χ2n) is 14.7. The van der Waals surface area contributed by atoms with Crippen molar-refractivity contribution in [3.05, 3.63) is 200 Å². The molecule has 0 fully saturated rings. The molecule has 7 heteroatoms. The molecule has 0 amide bonds. The molecule has 0 unspecified atom stereocenters. The highest BCUT2D eigenvalue weighted by Gasteiger charge is 2.26. The largest absolute Gasteiger partial charge is 0.307 e. The van der Waals surface area contributed by atoms with Gasteiger partial charge in [0.15, 0.2) is 11.6 Å². The molecule has 0 bridgehead atoms. The summed E-state index contributed by atoms with van der Waals surface area (Å²) in [6.45, 7) is 0. The molecule has 0 radical (unpaired) electrons. The van der Waals surface area contributed by atoms with E-state index < -0.39 is 0 Å². The maximum absolute atomic E-state index is 5.57. The fourth-order valence-electron chi connectivity index (χ4n) is 8.74. The number of benzene rings is 8. The maximum Gasteiger partial charge on any atom is 0.238 e. The van der Waals surface area contributed by atoms with Gasteiger partial charge in [-0.3, -0.25) is 9.13 Å². The summed E-state index contributed by atoms with van der Waals surface area (Å²) >= 11 is 0. The molecular formula is C52H33N7. The number of nitrogens with zero attached hydrogens (tertiary/aromatic N) is 7. The van der Waals surface area contributed by atoms with Crippen LogP contribution < -0.4 is 0 Å². The lowest BCUT2D eigenvalue weighted by Crippen LogP contribution is -2.07. The predicted octanol–water partition coefficient (Wildman–Crippen LogP) is 12.4. The fraction of sp³-hybridized carbons (Fsp3) is 0. The summed E-state index contributed by atoms with van der Waals surface area (Å²) in [5, 5.41) is 4.38. The van der Waals surface area contributed by atoms with Crippen LogP contribution in [0.1, 0.15) is 0 Å². The maximum atomic E-state index is 5.57. The number of imidazole rings is 1. The number of fused-ring (bicyclic) bond motifs is 9. The highest BCUT2D eigenvalue weighted by atomic mass is 15.2. The Labute approximate surface area is 338 Å². The van der Waals surface area contributed by atoms with Crippen molar-refractivity contribution >= 4 is 54.6 Å². The highest BCUT2D eigenvalue weighted by molar-refractivity contribution is 6.28. The van der Waals surface area contributed by atoms with Crippen molar-refractivity contribution in [3.8, 4) is 51.5 Å². The summed E-state index contributed by atoms with van der Waals surface area (Å²) in [6, 6.07) is 69.5. The molecule has 4 aromatic heterocycles. The van der Waals surface area contributed by atoms with Crippen molar-refractivity contribution in [2.24, 2.45) is 0 Å². The Hall–Kier alpha value is -8.16. The number of aromatic nitrogens is 7. The molecule has 0 aliphatic heterocycles. The standard InChI is InChI=1S/C52H33N7/c1-6-18-34(19-7-1)49-54-50(35-20-8-2-9-21-35)56-52(55-49)59-43-32-33-44-46(53-51(36-22-10-3-11-23-36)58(44)38-26-14-5-15-27-38)45(43)41-31-30-40-39-28-16-17-29-42(39)57(47(40)48(41)59)37-24-12-4-13-25-37/h1-33H. The van der Waals surface area contributed by atoms with Crippen LogP contribution in [0.5, 0.6) is 0 Å². The summed E-state index contributed by atoms with van der Waals surface area (Å²) in [5.74, 6) is 2.60. The van der Waals surface area contributed by atoms with E-state index in [1.54, 1.807) is 0 Å². The van der Waals surface area contributed by atoms with E-state index in [0.717, 1.165) is 83.1 Å². The van der Waals surface area contributed by atoms with Gasteiger partial charge >= 0.3 is 0 Å². The number of hydrogen-bond acceptors (Lipinski definition) is 4. The van der Waals surface area contributed by atoms with Crippen LogP contribution in [0, 0.1) is 0 Å². The molecule has 0 saturated carbocycles. The van der Waals surface area contributed by atoms with Crippen molar-refractivity contribution in [2.45, 2.75) is 0 Å². The Morgan fingerprint density at radius 2 is 0.797 bits per heavy atom. The van der Waals surface area contributed by atoms with Crippen molar-refractivity contribution in [3.63, 3.8) is 0 Å². The zero-order valence-corrected chi connectivity index (χ0v) is 31.7. The van der Waals surface area contributed by atoms with Gasteiger partial charge < -0.3 is 4.57 Å². The third kappa shape index (κ3) is 5.15. The van der Waals surface area contributed by atoms with Gasteiger partial charge in [-0.05, 0) is 42.5 Å². The predicted molar refractivity (Wildman–Crippen MR) is 239 cm³/mol. The van der Waals surface area contributed by atoms with Crippen molar-refractivity contribution in [1.82, 2.24) is 33.6 Å². The smallest absolute Gasteiger partial charge is 0.238 e. The summed E-state index contributed by atoms with van der Waals surface area (Å²) < 4.78 is 6.90. The molecule has 59 heavy (non-hydrogen) atoms. The first-order valence-electron chi connectivity index (χ1n) is 19.8. The first kappa shape index (κ1) is 33.0. The Kier molecular flexibility index (Phi) is 7.40. The van der Waals surface area contributed by atoms with E-state index >= 15 is 0 Å². The molecule has 0 N–H and O–H groups in total. The van der Waals surface area contributed by atoms with Gasteiger partial charge in [-0.2, -0.15) is 9.97 Å². The van der Waals surface area contributed by atoms with Crippen LogP contribution in [0.4, 0.5) is 0 Å². The number of rotatable bonds is 6. The first-order chi connectivity index (χ1) is 29.3. The van der Waals surface area contributed by atoms with Gasteiger partial charge in [0.25, 0.3) is 0 Å². The lowest BCUT2D eigenvalue weighted by Gasteiger charge is -2.13. The number of para-hydroxylation sites is 3. The molecule has 7 nitrogen and oxygen atoms in total. The van der Waals surface area contributed by atoms with Gasteiger partial charge in [0.1, 0.15) is 5.82 Å². The molecule has 0 aliphatic rings. The molecule has 0 spiro atoms. The van der Waals surface area contributed by atoms with Crippen LogP contribution >= 0.6 is 0 Å². The molecule has 12 aromatic rings. The van der Waals surface area contributed by atoms with Crippen LogP contribution in [0.25, 0.3) is 106 Å². The van der Waals surface area contributed by atoms with Crippen LogP contribution in [0.2, 0.25) is 0 Å². The molecule has 4 heterocycles. The van der Waals surface area contributed by atoms with E-state index in [1.165, 1.54) is 5.39 Å². The van der Waals surface area contributed by atoms with Crippen molar-refractivity contribution in [2.75, 3.05) is 0 Å².